The fourth-order valence-electron chi connectivity index (χ4n) is 2.98. The molecule has 1 atom stereocenters. The minimum absolute atomic E-state index is 0.0759. The lowest BCUT2D eigenvalue weighted by atomic mass is 10.1. The minimum atomic E-state index is -0.184. The summed E-state index contributed by atoms with van der Waals surface area (Å²) in [6.45, 7) is 2.61. The van der Waals surface area contributed by atoms with Gasteiger partial charge in [0.25, 0.3) is 5.91 Å². The van der Waals surface area contributed by atoms with E-state index < -0.39 is 0 Å². The lowest BCUT2D eigenvalue weighted by Gasteiger charge is -2.29. The second kappa shape index (κ2) is 7.31. The molecular formula is C17H22N2O3. The normalized spacial score (nSPS) is 17.8. The fourth-order valence-corrected chi connectivity index (χ4v) is 2.98. The van der Waals surface area contributed by atoms with E-state index in [1.807, 2.05) is 12.1 Å². The molecule has 3 rings (SSSR count). The van der Waals surface area contributed by atoms with Crippen LogP contribution in [0, 0.1) is 0 Å². The largest absolute Gasteiger partial charge is 0.468 e. The lowest BCUT2D eigenvalue weighted by molar-refractivity contribution is 0.0899. The Kier molecular flexibility index (Phi) is 4.96. The van der Waals surface area contributed by atoms with Crippen LogP contribution in [-0.2, 0) is 0 Å². The number of nitrogens with one attached hydrogen (secondary N) is 1. The molecule has 1 amide bonds. The predicted molar refractivity (Wildman–Crippen MR) is 82.5 cm³/mol. The van der Waals surface area contributed by atoms with Crippen LogP contribution in [0.4, 0.5) is 0 Å². The van der Waals surface area contributed by atoms with E-state index >= 15 is 0 Å². The highest BCUT2D eigenvalue weighted by Crippen LogP contribution is 2.24. The molecule has 1 saturated heterocycles. The molecule has 2 aromatic heterocycles. The van der Waals surface area contributed by atoms with Crippen molar-refractivity contribution in [2.45, 2.75) is 31.7 Å². The fraction of sp³-hybridized carbons (Fsp3) is 0.471. The maximum absolute atomic E-state index is 12.1. The number of furan rings is 2. The summed E-state index contributed by atoms with van der Waals surface area (Å²) >= 11 is 0. The van der Waals surface area contributed by atoms with Crippen molar-refractivity contribution in [1.29, 1.82) is 0 Å². The van der Waals surface area contributed by atoms with Gasteiger partial charge in [-0.2, -0.15) is 0 Å². The molecule has 118 valence electrons. The van der Waals surface area contributed by atoms with Gasteiger partial charge in [0.2, 0.25) is 0 Å². The van der Waals surface area contributed by atoms with Gasteiger partial charge >= 0.3 is 0 Å². The van der Waals surface area contributed by atoms with Crippen LogP contribution in [0.2, 0.25) is 0 Å². The van der Waals surface area contributed by atoms with E-state index in [-0.39, 0.29) is 11.9 Å². The first-order valence-electron chi connectivity index (χ1n) is 7.94. The number of rotatable bonds is 5. The average Bonchev–Trinajstić information content (AvgIpc) is 3.18. The van der Waals surface area contributed by atoms with Crippen LogP contribution in [0.15, 0.2) is 45.6 Å². The molecular weight excluding hydrogens is 280 g/mol. The highest BCUT2D eigenvalue weighted by molar-refractivity contribution is 5.91. The molecule has 1 unspecified atom stereocenters. The van der Waals surface area contributed by atoms with Gasteiger partial charge in [0.1, 0.15) is 5.76 Å². The van der Waals surface area contributed by atoms with E-state index in [0.29, 0.717) is 12.3 Å². The highest BCUT2D eigenvalue weighted by atomic mass is 16.3. The first kappa shape index (κ1) is 14.9. The summed E-state index contributed by atoms with van der Waals surface area (Å²) in [5.41, 5.74) is 0. The van der Waals surface area contributed by atoms with Crippen LogP contribution in [0.5, 0.6) is 0 Å². The number of carbonyl (C=O) groups is 1. The predicted octanol–water partition coefficient (Wildman–Crippen LogP) is 3.22. The van der Waals surface area contributed by atoms with Crippen LogP contribution in [0.25, 0.3) is 0 Å². The van der Waals surface area contributed by atoms with E-state index in [1.54, 1.807) is 18.4 Å². The third-order valence-corrected chi connectivity index (χ3v) is 4.15. The van der Waals surface area contributed by atoms with Gasteiger partial charge in [-0.05, 0) is 50.2 Å². The zero-order valence-corrected chi connectivity index (χ0v) is 12.7. The van der Waals surface area contributed by atoms with Crippen molar-refractivity contribution in [1.82, 2.24) is 10.2 Å². The number of carbonyl (C=O) groups excluding carboxylic acids is 1. The lowest BCUT2D eigenvalue weighted by Crippen LogP contribution is -2.38. The summed E-state index contributed by atoms with van der Waals surface area (Å²) in [7, 11) is 0. The average molecular weight is 302 g/mol. The maximum atomic E-state index is 12.1. The van der Waals surface area contributed by atoms with Crippen molar-refractivity contribution in [3.05, 3.63) is 48.3 Å². The Morgan fingerprint density at radius 1 is 1.09 bits per heavy atom. The van der Waals surface area contributed by atoms with Crippen molar-refractivity contribution >= 4 is 5.91 Å². The van der Waals surface area contributed by atoms with E-state index in [0.717, 1.165) is 18.8 Å². The van der Waals surface area contributed by atoms with Gasteiger partial charge in [0, 0.05) is 6.54 Å². The highest BCUT2D eigenvalue weighted by Gasteiger charge is 2.24. The summed E-state index contributed by atoms with van der Waals surface area (Å²) in [5, 5.41) is 2.96. The molecule has 22 heavy (non-hydrogen) atoms. The molecule has 0 spiro atoms. The van der Waals surface area contributed by atoms with Crippen LogP contribution in [0.1, 0.15) is 48.0 Å². The number of nitrogens with zero attached hydrogens (tertiary/aromatic N) is 1. The number of hydrogen-bond acceptors (Lipinski definition) is 4. The molecule has 0 aliphatic carbocycles. The smallest absolute Gasteiger partial charge is 0.287 e. The van der Waals surface area contributed by atoms with Crippen molar-refractivity contribution in [2.75, 3.05) is 19.6 Å². The molecule has 0 radical (unpaired) electrons. The van der Waals surface area contributed by atoms with Gasteiger partial charge in [0.05, 0.1) is 18.6 Å². The number of amides is 1. The van der Waals surface area contributed by atoms with E-state index in [4.69, 9.17) is 8.83 Å². The summed E-state index contributed by atoms with van der Waals surface area (Å²) in [6.07, 6.45) is 8.15. The molecule has 5 nitrogen and oxygen atoms in total. The molecule has 2 aromatic rings. The summed E-state index contributed by atoms with van der Waals surface area (Å²) in [4.78, 5) is 14.5. The van der Waals surface area contributed by atoms with Gasteiger partial charge < -0.3 is 14.2 Å². The Hall–Kier alpha value is -2.01. The van der Waals surface area contributed by atoms with Crippen LogP contribution in [-0.4, -0.2) is 30.4 Å². The van der Waals surface area contributed by atoms with Crippen LogP contribution < -0.4 is 5.32 Å². The zero-order chi connectivity index (χ0) is 15.2. The molecule has 0 bridgehead atoms. The third kappa shape index (κ3) is 3.60. The molecule has 1 N–H and O–H groups in total. The molecule has 5 heteroatoms. The zero-order valence-electron chi connectivity index (χ0n) is 12.7. The van der Waals surface area contributed by atoms with Crippen molar-refractivity contribution in [3.8, 4) is 0 Å². The summed E-state index contributed by atoms with van der Waals surface area (Å²) in [5.74, 6) is 1.06. The van der Waals surface area contributed by atoms with Crippen LogP contribution >= 0.6 is 0 Å². The Balaban J connectivity index is 1.67. The van der Waals surface area contributed by atoms with Gasteiger partial charge in [-0.3, -0.25) is 9.69 Å². The second-order valence-corrected chi connectivity index (χ2v) is 5.67. The third-order valence-electron chi connectivity index (χ3n) is 4.15. The van der Waals surface area contributed by atoms with Gasteiger partial charge in [-0.25, -0.2) is 0 Å². The molecule has 1 fully saturated rings. The summed E-state index contributed by atoms with van der Waals surface area (Å²) in [6, 6.07) is 7.34. The number of likely N-dealkylation sites (tertiary alicyclic amines) is 1. The Labute approximate surface area is 130 Å². The monoisotopic (exact) mass is 302 g/mol. The molecule has 1 aliphatic rings. The SMILES string of the molecule is O=C(NCC(c1ccco1)N1CCCCCC1)c1ccco1. The molecule has 0 saturated carbocycles. The first-order valence-corrected chi connectivity index (χ1v) is 7.94. The van der Waals surface area contributed by atoms with Crippen molar-refractivity contribution < 1.29 is 13.6 Å². The quantitative estimate of drug-likeness (QED) is 0.921. The topological polar surface area (TPSA) is 58.6 Å². The van der Waals surface area contributed by atoms with Crippen LogP contribution in [0.3, 0.4) is 0 Å². The van der Waals surface area contributed by atoms with Gasteiger partial charge in [0.15, 0.2) is 5.76 Å². The first-order chi connectivity index (χ1) is 10.8. The summed E-state index contributed by atoms with van der Waals surface area (Å²) < 4.78 is 10.7. The Bertz CT molecular complexity index is 555. The Morgan fingerprint density at radius 3 is 2.45 bits per heavy atom. The Morgan fingerprint density at radius 2 is 1.82 bits per heavy atom. The van der Waals surface area contributed by atoms with E-state index in [2.05, 4.69) is 10.2 Å². The molecule has 1 aliphatic heterocycles. The second-order valence-electron chi connectivity index (χ2n) is 5.67. The minimum Gasteiger partial charge on any atom is -0.468 e. The molecule has 0 aromatic carbocycles. The van der Waals surface area contributed by atoms with Gasteiger partial charge in [-0.15, -0.1) is 0 Å². The van der Waals surface area contributed by atoms with Crippen molar-refractivity contribution in [3.63, 3.8) is 0 Å². The van der Waals surface area contributed by atoms with E-state index in [1.165, 1.54) is 31.9 Å². The van der Waals surface area contributed by atoms with Gasteiger partial charge in [-0.1, -0.05) is 12.8 Å². The number of hydrogen-bond donors (Lipinski definition) is 1. The maximum Gasteiger partial charge on any atom is 0.287 e. The standard InChI is InChI=1S/C17H22N2O3/c20-17(16-8-6-12-22-16)18-13-14(15-7-5-11-21-15)19-9-3-1-2-4-10-19/h5-8,11-12,14H,1-4,9-10,13H2,(H,18,20). The molecule has 3 heterocycles. The van der Waals surface area contributed by atoms with Crippen molar-refractivity contribution in [2.24, 2.45) is 0 Å². The van der Waals surface area contributed by atoms with E-state index in [9.17, 15) is 4.79 Å².